The van der Waals surface area contributed by atoms with Gasteiger partial charge in [-0.2, -0.15) is 5.10 Å². The van der Waals surface area contributed by atoms with Crippen LogP contribution in [-0.2, 0) is 13.2 Å². The molecule has 0 saturated carbocycles. The summed E-state index contributed by atoms with van der Waals surface area (Å²) in [6, 6.07) is 10.9. The van der Waals surface area contributed by atoms with Gasteiger partial charge in [0.2, 0.25) is 0 Å². The lowest BCUT2D eigenvalue weighted by atomic mass is 10.2. The second-order valence-electron chi connectivity index (χ2n) is 7.70. The number of anilines is 1. The Morgan fingerprint density at radius 1 is 1.15 bits per heavy atom. The number of carbonyl (C=O) groups is 1. The molecule has 4 rings (SSSR count). The number of rotatable bonds is 7. The molecule has 2 heterocycles. The fourth-order valence-electron chi connectivity index (χ4n) is 3.44. The largest absolute Gasteiger partial charge is 0.489 e. The van der Waals surface area contributed by atoms with E-state index in [9.17, 15) is 9.18 Å². The maximum Gasteiger partial charge on any atom is 0.278 e. The third-order valence-corrected chi connectivity index (χ3v) is 5.94. The lowest BCUT2D eigenvalue weighted by Crippen LogP contribution is -2.16. The molecule has 0 fully saturated rings. The zero-order valence-electron chi connectivity index (χ0n) is 18.7. The summed E-state index contributed by atoms with van der Waals surface area (Å²) in [5.41, 5.74) is 3.41. The van der Waals surface area contributed by atoms with Crippen LogP contribution < -0.4 is 10.1 Å². The zero-order valence-corrected chi connectivity index (χ0v) is 20.2. The number of nitrogens with zero attached hydrogens (tertiary/aromatic N) is 3. The van der Waals surface area contributed by atoms with Crippen molar-refractivity contribution < 1.29 is 18.4 Å². The number of carbonyl (C=O) groups excluding carboxylic acids is 1. The maximum absolute atomic E-state index is 13.1. The second kappa shape index (κ2) is 9.87. The summed E-state index contributed by atoms with van der Waals surface area (Å²) < 4.78 is 25.8. The van der Waals surface area contributed by atoms with Crippen LogP contribution in [0.25, 0.3) is 0 Å². The Bertz CT molecular complexity index is 1350. The molecule has 2 aromatic heterocycles. The van der Waals surface area contributed by atoms with Crippen LogP contribution in [0.15, 0.2) is 47.0 Å². The summed E-state index contributed by atoms with van der Waals surface area (Å²) in [5, 5.41) is 12.4. The van der Waals surface area contributed by atoms with Crippen molar-refractivity contribution >= 4 is 34.8 Å². The lowest BCUT2D eigenvalue weighted by molar-refractivity contribution is 0.101. The number of hydrogen-bond donors (Lipinski definition) is 1. The summed E-state index contributed by atoms with van der Waals surface area (Å²) >= 11 is 12.3. The Kier molecular flexibility index (Phi) is 6.90. The molecule has 2 aromatic carbocycles. The predicted octanol–water partition coefficient (Wildman–Crippen LogP) is 6.12. The predicted molar refractivity (Wildman–Crippen MR) is 127 cm³/mol. The van der Waals surface area contributed by atoms with Gasteiger partial charge in [-0.25, -0.2) is 4.39 Å². The van der Waals surface area contributed by atoms with E-state index in [-0.39, 0.29) is 18.1 Å². The monoisotopic (exact) mass is 502 g/mol. The quantitative estimate of drug-likeness (QED) is 0.329. The zero-order chi connectivity index (χ0) is 24.4. The van der Waals surface area contributed by atoms with Crippen molar-refractivity contribution in [1.29, 1.82) is 0 Å². The van der Waals surface area contributed by atoms with Gasteiger partial charge in [-0.3, -0.25) is 9.48 Å². The highest BCUT2D eigenvalue weighted by molar-refractivity contribution is 6.35. The molecule has 1 N–H and O–H groups in total. The van der Waals surface area contributed by atoms with Crippen LogP contribution in [-0.4, -0.2) is 20.8 Å². The molecule has 0 bridgehead atoms. The SMILES string of the molecule is Cc1nn(Cc2ccc(Cl)cc2Cl)c(C)c1NC(=O)c1noc(C)c1COc1ccc(F)cc1. The third kappa shape index (κ3) is 5.08. The Morgan fingerprint density at radius 3 is 2.59 bits per heavy atom. The molecule has 1 amide bonds. The molecule has 0 atom stereocenters. The van der Waals surface area contributed by atoms with E-state index in [1.54, 1.807) is 30.7 Å². The molecule has 4 aromatic rings. The second-order valence-corrected chi connectivity index (χ2v) is 8.55. The van der Waals surface area contributed by atoms with E-state index < -0.39 is 5.91 Å². The van der Waals surface area contributed by atoms with Gasteiger partial charge >= 0.3 is 0 Å². The van der Waals surface area contributed by atoms with E-state index in [0.717, 1.165) is 11.3 Å². The van der Waals surface area contributed by atoms with Crippen LogP contribution in [0.4, 0.5) is 10.1 Å². The summed E-state index contributed by atoms with van der Waals surface area (Å²) in [5.74, 6) is 0.0963. The van der Waals surface area contributed by atoms with E-state index in [1.807, 2.05) is 13.0 Å². The van der Waals surface area contributed by atoms with E-state index in [2.05, 4.69) is 15.6 Å². The molecule has 0 spiro atoms. The molecular weight excluding hydrogens is 482 g/mol. The van der Waals surface area contributed by atoms with Crippen molar-refractivity contribution in [1.82, 2.24) is 14.9 Å². The molecule has 0 aliphatic carbocycles. The summed E-state index contributed by atoms with van der Waals surface area (Å²) in [4.78, 5) is 13.1. The average molecular weight is 503 g/mol. The molecule has 0 aliphatic rings. The normalized spacial score (nSPS) is 11.0. The van der Waals surface area contributed by atoms with Crippen LogP contribution in [0, 0.1) is 26.6 Å². The number of nitrogens with one attached hydrogen (secondary N) is 1. The molecule has 176 valence electrons. The van der Waals surface area contributed by atoms with E-state index in [4.69, 9.17) is 32.5 Å². The molecule has 10 heteroatoms. The summed E-state index contributed by atoms with van der Waals surface area (Å²) in [6.07, 6.45) is 0. The van der Waals surface area contributed by atoms with Crippen molar-refractivity contribution in [3.8, 4) is 5.75 Å². The van der Waals surface area contributed by atoms with Crippen LogP contribution >= 0.6 is 23.2 Å². The van der Waals surface area contributed by atoms with Gasteiger partial charge < -0.3 is 14.6 Å². The van der Waals surface area contributed by atoms with Gasteiger partial charge in [-0.1, -0.05) is 34.4 Å². The van der Waals surface area contributed by atoms with Crippen molar-refractivity contribution in [2.75, 3.05) is 5.32 Å². The van der Waals surface area contributed by atoms with Gasteiger partial charge in [-0.05, 0) is 62.7 Å². The van der Waals surface area contributed by atoms with Crippen molar-refractivity contribution in [3.63, 3.8) is 0 Å². The first-order valence-electron chi connectivity index (χ1n) is 10.4. The minimum atomic E-state index is -0.454. The van der Waals surface area contributed by atoms with Crippen molar-refractivity contribution in [3.05, 3.63) is 92.3 Å². The molecule has 7 nitrogen and oxygen atoms in total. The Hall–Kier alpha value is -3.36. The molecule has 0 saturated heterocycles. The summed E-state index contributed by atoms with van der Waals surface area (Å²) in [7, 11) is 0. The first-order chi connectivity index (χ1) is 16.2. The smallest absolute Gasteiger partial charge is 0.278 e. The fourth-order valence-corrected chi connectivity index (χ4v) is 3.91. The summed E-state index contributed by atoms with van der Waals surface area (Å²) in [6.45, 7) is 5.80. The van der Waals surface area contributed by atoms with Crippen LogP contribution in [0.5, 0.6) is 5.75 Å². The first-order valence-corrected chi connectivity index (χ1v) is 11.1. The van der Waals surface area contributed by atoms with E-state index in [0.29, 0.717) is 45.0 Å². The number of benzene rings is 2. The lowest BCUT2D eigenvalue weighted by Gasteiger charge is -2.09. The number of amides is 1. The Labute approximate surface area is 205 Å². The first kappa shape index (κ1) is 23.8. The number of aryl methyl sites for hydroxylation is 2. The highest BCUT2D eigenvalue weighted by Gasteiger charge is 2.23. The van der Waals surface area contributed by atoms with Crippen LogP contribution in [0.1, 0.15) is 38.8 Å². The minimum Gasteiger partial charge on any atom is -0.489 e. The number of aromatic nitrogens is 3. The number of hydrogen-bond acceptors (Lipinski definition) is 5. The molecule has 0 unspecified atom stereocenters. The third-order valence-electron chi connectivity index (χ3n) is 5.35. The molecule has 0 aliphatic heterocycles. The highest BCUT2D eigenvalue weighted by Crippen LogP contribution is 2.26. The highest BCUT2D eigenvalue weighted by atomic mass is 35.5. The van der Waals surface area contributed by atoms with Gasteiger partial charge in [0.1, 0.15) is 23.9 Å². The molecular formula is C24H21Cl2FN4O3. The number of halogens is 3. The van der Waals surface area contributed by atoms with Gasteiger partial charge in [0.05, 0.1) is 29.2 Å². The van der Waals surface area contributed by atoms with Crippen LogP contribution in [0.2, 0.25) is 10.0 Å². The topological polar surface area (TPSA) is 82.2 Å². The molecule has 34 heavy (non-hydrogen) atoms. The van der Waals surface area contributed by atoms with Crippen molar-refractivity contribution in [2.24, 2.45) is 0 Å². The van der Waals surface area contributed by atoms with Gasteiger partial charge in [0.25, 0.3) is 5.91 Å². The minimum absolute atomic E-state index is 0.0377. The Morgan fingerprint density at radius 2 is 1.88 bits per heavy atom. The van der Waals surface area contributed by atoms with Gasteiger partial charge in [0.15, 0.2) is 5.69 Å². The Balaban J connectivity index is 1.51. The van der Waals surface area contributed by atoms with Crippen molar-refractivity contribution in [2.45, 2.75) is 33.9 Å². The average Bonchev–Trinajstić information content (AvgIpc) is 3.29. The van der Waals surface area contributed by atoms with Gasteiger partial charge in [-0.15, -0.1) is 0 Å². The fraction of sp³-hybridized carbons (Fsp3) is 0.208. The maximum atomic E-state index is 13.1. The molecule has 0 radical (unpaired) electrons. The standard InChI is InChI=1S/C24H21Cl2FN4O3/c1-13-22(14(2)31(29-13)11-16-4-5-17(25)10-21(16)26)28-24(32)23-20(15(3)34-30-23)12-33-19-8-6-18(27)7-9-19/h4-10H,11-12H2,1-3H3,(H,28,32). The number of ether oxygens (including phenoxy) is 1. The van der Waals surface area contributed by atoms with Crippen LogP contribution in [0.3, 0.4) is 0 Å². The van der Waals surface area contributed by atoms with E-state index in [1.165, 1.54) is 24.3 Å². The van der Waals surface area contributed by atoms with Gasteiger partial charge in [0, 0.05) is 10.0 Å². The van der Waals surface area contributed by atoms with E-state index >= 15 is 0 Å².